The molecule has 0 radical (unpaired) electrons. The molecule has 0 aliphatic heterocycles. The van der Waals surface area contributed by atoms with Gasteiger partial charge in [-0.15, -0.1) is 0 Å². The lowest BCUT2D eigenvalue weighted by Crippen LogP contribution is -2.47. The third-order valence-corrected chi connectivity index (χ3v) is 2.75. The summed E-state index contributed by atoms with van der Waals surface area (Å²) in [6, 6.07) is 2.33. The van der Waals surface area contributed by atoms with E-state index < -0.39 is 18.0 Å². The molecular weight excluding hydrogens is 276 g/mol. The number of aliphatic carboxylic acids is 1. The minimum absolute atomic E-state index is 0.00171. The number of rotatable bonds is 6. The van der Waals surface area contributed by atoms with Gasteiger partial charge in [-0.2, -0.15) is 0 Å². The van der Waals surface area contributed by atoms with Crippen molar-refractivity contribution in [2.75, 3.05) is 6.54 Å². The predicted octanol–water partition coefficient (Wildman–Crippen LogP) is 1.05. The van der Waals surface area contributed by atoms with Crippen molar-refractivity contribution in [1.29, 1.82) is 0 Å². The van der Waals surface area contributed by atoms with Crippen LogP contribution in [0.3, 0.4) is 0 Å². The zero-order valence-electron chi connectivity index (χ0n) is 12.0. The van der Waals surface area contributed by atoms with Crippen LogP contribution in [0.15, 0.2) is 18.2 Å². The number of carboxylic acid groups (broad SMARTS) is 1. The van der Waals surface area contributed by atoms with E-state index >= 15 is 0 Å². The van der Waals surface area contributed by atoms with Crippen molar-refractivity contribution in [3.8, 4) is 11.5 Å². The van der Waals surface area contributed by atoms with Gasteiger partial charge < -0.3 is 26.0 Å². The van der Waals surface area contributed by atoms with Crippen LogP contribution in [0.25, 0.3) is 0 Å². The van der Waals surface area contributed by atoms with Crippen LogP contribution in [0, 0.1) is 5.92 Å². The molecule has 1 rings (SSSR count). The van der Waals surface area contributed by atoms with Gasteiger partial charge in [0.2, 0.25) is 0 Å². The van der Waals surface area contributed by atoms with Crippen molar-refractivity contribution in [3.05, 3.63) is 23.8 Å². The molecule has 1 aromatic carbocycles. The first-order valence-electron chi connectivity index (χ1n) is 6.57. The summed E-state index contributed by atoms with van der Waals surface area (Å²) in [7, 11) is 0. The van der Waals surface area contributed by atoms with Crippen molar-refractivity contribution in [1.82, 2.24) is 10.6 Å². The molecule has 1 atom stereocenters. The van der Waals surface area contributed by atoms with Gasteiger partial charge in [0.1, 0.15) is 6.04 Å². The number of amides is 2. The fraction of sp³-hybridized carbons (Fsp3) is 0.429. The largest absolute Gasteiger partial charge is 0.504 e. The van der Waals surface area contributed by atoms with Crippen LogP contribution in [0.2, 0.25) is 0 Å². The summed E-state index contributed by atoms with van der Waals surface area (Å²) >= 11 is 0. The fourth-order valence-corrected chi connectivity index (χ4v) is 1.64. The van der Waals surface area contributed by atoms with Gasteiger partial charge in [0, 0.05) is 13.0 Å². The molecule has 0 aromatic heterocycles. The van der Waals surface area contributed by atoms with E-state index in [0.717, 1.165) is 0 Å². The summed E-state index contributed by atoms with van der Waals surface area (Å²) in [4.78, 5) is 22.8. The standard InChI is InChI=1S/C14H20N2O5/c1-8(2)7-15-14(21)16-10(13(19)20)5-9-3-4-11(17)12(18)6-9/h3-4,6,8,10,17-18H,5,7H2,1-2H3,(H,19,20)(H2,15,16,21)/t10-/m0/s1. The van der Waals surface area contributed by atoms with E-state index in [4.69, 9.17) is 5.11 Å². The van der Waals surface area contributed by atoms with Gasteiger partial charge in [0.25, 0.3) is 0 Å². The Morgan fingerprint density at radius 2 is 1.86 bits per heavy atom. The minimum Gasteiger partial charge on any atom is -0.504 e. The smallest absolute Gasteiger partial charge is 0.326 e. The molecule has 0 heterocycles. The van der Waals surface area contributed by atoms with Crippen LogP contribution in [0.5, 0.6) is 11.5 Å². The van der Waals surface area contributed by atoms with Gasteiger partial charge in [-0.3, -0.25) is 0 Å². The van der Waals surface area contributed by atoms with Crippen LogP contribution >= 0.6 is 0 Å². The Bertz CT molecular complexity index is 516. The molecule has 0 fully saturated rings. The SMILES string of the molecule is CC(C)CNC(=O)N[C@@H](Cc1ccc(O)c(O)c1)C(=O)O. The van der Waals surface area contributed by atoms with E-state index in [2.05, 4.69) is 10.6 Å². The van der Waals surface area contributed by atoms with Crippen LogP contribution in [0.1, 0.15) is 19.4 Å². The number of nitrogens with one attached hydrogen (secondary N) is 2. The van der Waals surface area contributed by atoms with Crippen LogP contribution in [-0.2, 0) is 11.2 Å². The number of phenols is 2. The van der Waals surface area contributed by atoms with Crippen molar-refractivity contribution >= 4 is 12.0 Å². The number of carbonyl (C=O) groups excluding carboxylic acids is 1. The average molecular weight is 296 g/mol. The first kappa shape index (κ1) is 16.6. The maximum absolute atomic E-state index is 11.6. The van der Waals surface area contributed by atoms with Gasteiger partial charge in [-0.25, -0.2) is 9.59 Å². The van der Waals surface area contributed by atoms with Crippen LogP contribution in [0.4, 0.5) is 4.79 Å². The molecule has 7 heteroatoms. The van der Waals surface area contributed by atoms with Gasteiger partial charge in [0.05, 0.1) is 0 Å². The van der Waals surface area contributed by atoms with Crippen LogP contribution < -0.4 is 10.6 Å². The lowest BCUT2D eigenvalue weighted by atomic mass is 10.1. The van der Waals surface area contributed by atoms with Crippen molar-refractivity contribution in [2.24, 2.45) is 5.92 Å². The zero-order chi connectivity index (χ0) is 16.0. The average Bonchev–Trinajstić information content (AvgIpc) is 2.39. The molecular formula is C14H20N2O5. The molecule has 1 aromatic rings. The molecule has 0 aliphatic carbocycles. The molecule has 0 spiro atoms. The second kappa shape index (κ2) is 7.37. The molecule has 7 nitrogen and oxygen atoms in total. The molecule has 0 unspecified atom stereocenters. The number of hydrogen-bond donors (Lipinski definition) is 5. The van der Waals surface area contributed by atoms with Crippen molar-refractivity contribution in [3.63, 3.8) is 0 Å². The normalized spacial score (nSPS) is 12.0. The Hall–Kier alpha value is -2.44. The number of urea groups is 1. The minimum atomic E-state index is -1.18. The monoisotopic (exact) mass is 296 g/mol. The highest BCUT2D eigenvalue weighted by Gasteiger charge is 2.20. The maximum Gasteiger partial charge on any atom is 0.326 e. The van der Waals surface area contributed by atoms with E-state index in [1.54, 1.807) is 0 Å². The summed E-state index contributed by atoms with van der Waals surface area (Å²) in [6.07, 6.45) is -0.00171. The summed E-state index contributed by atoms with van der Waals surface area (Å²) in [5.74, 6) is -1.54. The number of benzene rings is 1. The molecule has 0 saturated carbocycles. The lowest BCUT2D eigenvalue weighted by Gasteiger charge is -2.16. The zero-order valence-corrected chi connectivity index (χ0v) is 12.0. The van der Waals surface area contributed by atoms with E-state index in [-0.39, 0.29) is 23.8 Å². The molecule has 21 heavy (non-hydrogen) atoms. The Morgan fingerprint density at radius 1 is 1.19 bits per heavy atom. The second-order valence-corrected chi connectivity index (χ2v) is 5.17. The first-order chi connectivity index (χ1) is 9.79. The Morgan fingerprint density at radius 3 is 2.38 bits per heavy atom. The second-order valence-electron chi connectivity index (χ2n) is 5.17. The van der Waals surface area contributed by atoms with Gasteiger partial charge in [-0.05, 0) is 23.6 Å². The molecule has 116 valence electrons. The first-order valence-corrected chi connectivity index (χ1v) is 6.57. The van der Waals surface area contributed by atoms with Crippen molar-refractivity contribution < 1.29 is 24.9 Å². The number of carboxylic acids is 1. The quantitative estimate of drug-likeness (QED) is 0.503. The van der Waals surface area contributed by atoms with E-state index in [1.807, 2.05) is 13.8 Å². The number of carbonyl (C=O) groups is 2. The molecule has 0 bridgehead atoms. The lowest BCUT2D eigenvalue weighted by molar-refractivity contribution is -0.139. The molecule has 2 amide bonds. The number of aromatic hydroxyl groups is 2. The summed E-state index contributed by atoms with van der Waals surface area (Å²) in [5.41, 5.74) is 0.488. The van der Waals surface area contributed by atoms with E-state index in [9.17, 15) is 19.8 Å². The fourth-order valence-electron chi connectivity index (χ4n) is 1.64. The topological polar surface area (TPSA) is 119 Å². The van der Waals surface area contributed by atoms with Crippen LogP contribution in [-0.4, -0.2) is 39.9 Å². The number of hydrogen-bond acceptors (Lipinski definition) is 4. The summed E-state index contributed by atoms with van der Waals surface area (Å²) in [5, 5.41) is 32.7. The van der Waals surface area contributed by atoms with Gasteiger partial charge >= 0.3 is 12.0 Å². The summed E-state index contributed by atoms with van der Waals surface area (Å²) < 4.78 is 0. The van der Waals surface area contributed by atoms with Crippen molar-refractivity contribution in [2.45, 2.75) is 26.3 Å². The predicted molar refractivity (Wildman–Crippen MR) is 76.3 cm³/mol. The third-order valence-electron chi connectivity index (χ3n) is 2.75. The van der Waals surface area contributed by atoms with E-state index in [0.29, 0.717) is 12.1 Å². The maximum atomic E-state index is 11.6. The highest BCUT2D eigenvalue weighted by atomic mass is 16.4. The molecule has 0 saturated heterocycles. The number of phenolic OH excluding ortho intramolecular Hbond substituents is 2. The third kappa shape index (κ3) is 5.60. The highest BCUT2D eigenvalue weighted by molar-refractivity contribution is 5.82. The highest BCUT2D eigenvalue weighted by Crippen LogP contribution is 2.25. The molecule has 5 N–H and O–H groups in total. The molecule has 0 aliphatic rings. The Balaban J connectivity index is 2.67. The Labute approximate surface area is 122 Å². The van der Waals surface area contributed by atoms with Gasteiger partial charge in [-0.1, -0.05) is 19.9 Å². The van der Waals surface area contributed by atoms with E-state index in [1.165, 1.54) is 18.2 Å². The van der Waals surface area contributed by atoms with Gasteiger partial charge in [0.15, 0.2) is 11.5 Å². The Kier molecular flexibility index (Phi) is 5.83. The summed E-state index contributed by atoms with van der Waals surface area (Å²) in [6.45, 7) is 4.29.